The molecule has 2 rings (SSSR count). The Morgan fingerprint density at radius 3 is 2.48 bits per heavy atom. The summed E-state index contributed by atoms with van der Waals surface area (Å²) in [5.74, 6) is -0.826. The van der Waals surface area contributed by atoms with Crippen LogP contribution >= 0.6 is 0 Å². The molecule has 0 saturated carbocycles. The lowest BCUT2D eigenvalue weighted by atomic mass is 10.1. The van der Waals surface area contributed by atoms with Crippen LogP contribution in [0.5, 0.6) is 0 Å². The third-order valence-corrected chi connectivity index (χ3v) is 4.43. The minimum absolute atomic E-state index is 0.0923. The summed E-state index contributed by atoms with van der Waals surface area (Å²) in [5, 5.41) is 15.2. The van der Waals surface area contributed by atoms with E-state index in [1.54, 1.807) is 20.8 Å². The maximum atomic E-state index is 12.4. The minimum atomic E-state index is -3.97. The first-order valence-corrected chi connectivity index (χ1v) is 7.45. The van der Waals surface area contributed by atoms with E-state index in [9.17, 15) is 13.2 Å². The molecule has 1 aromatic heterocycles. The van der Waals surface area contributed by atoms with E-state index in [-0.39, 0.29) is 16.4 Å². The molecule has 1 aromatic carbocycles. The van der Waals surface area contributed by atoms with Gasteiger partial charge >= 0.3 is 5.97 Å². The first-order valence-electron chi connectivity index (χ1n) is 5.97. The molecule has 0 atom stereocenters. The second-order valence-electron chi connectivity index (χ2n) is 4.57. The third-order valence-electron chi connectivity index (χ3n) is 2.98. The smallest absolute Gasteiger partial charge is 0.335 e. The molecule has 0 bridgehead atoms. The third kappa shape index (κ3) is 3.02. The zero-order valence-corrected chi connectivity index (χ0v) is 12.4. The van der Waals surface area contributed by atoms with Crippen LogP contribution in [0, 0.1) is 20.8 Å². The number of carboxylic acid groups (broad SMARTS) is 1. The van der Waals surface area contributed by atoms with E-state index >= 15 is 0 Å². The van der Waals surface area contributed by atoms with Crippen molar-refractivity contribution in [1.82, 2.24) is 15.2 Å². The first kappa shape index (κ1) is 15.0. The number of hydrogen-bond acceptors (Lipinski definition) is 5. The number of carboxylic acids is 1. The van der Waals surface area contributed by atoms with Crippen LogP contribution in [0.15, 0.2) is 17.0 Å². The molecule has 3 N–H and O–H groups in total. The number of H-pyrrole nitrogens is 1. The predicted octanol–water partition coefficient (Wildman–Crippen LogP) is 1.23. The molecular formula is C12H14N4O4S. The molecule has 0 unspecified atom stereocenters. The van der Waals surface area contributed by atoms with Crippen LogP contribution in [0.25, 0.3) is 0 Å². The van der Waals surface area contributed by atoms with Crippen LogP contribution in [-0.4, -0.2) is 34.7 Å². The lowest BCUT2D eigenvalue weighted by molar-refractivity contribution is 0.0696. The number of sulfonamides is 1. The molecule has 0 radical (unpaired) electrons. The Morgan fingerprint density at radius 2 is 1.95 bits per heavy atom. The molecule has 8 nitrogen and oxygen atoms in total. The standard InChI is InChI=1S/C12H14N4O4S/c1-6-4-9(11(17)18)5-10(7(6)2)21(19,20)16-12-13-8(3)14-15-12/h4-5H,1-3H3,(H,17,18)(H2,13,14,15,16). The summed E-state index contributed by atoms with van der Waals surface area (Å²) in [6, 6.07) is 2.54. The Bertz CT molecular complexity index is 811. The maximum Gasteiger partial charge on any atom is 0.335 e. The van der Waals surface area contributed by atoms with Crippen molar-refractivity contribution in [2.45, 2.75) is 25.7 Å². The monoisotopic (exact) mass is 310 g/mol. The summed E-state index contributed by atoms with van der Waals surface area (Å²) in [6.45, 7) is 4.89. The lowest BCUT2D eigenvalue weighted by Gasteiger charge is -2.11. The largest absolute Gasteiger partial charge is 0.478 e. The van der Waals surface area contributed by atoms with Gasteiger partial charge in [0.05, 0.1) is 10.5 Å². The van der Waals surface area contributed by atoms with Gasteiger partial charge in [-0.25, -0.2) is 17.9 Å². The van der Waals surface area contributed by atoms with Gasteiger partial charge in [-0.3, -0.25) is 5.10 Å². The van der Waals surface area contributed by atoms with Gasteiger partial charge in [0, 0.05) is 0 Å². The van der Waals surface area contributed by atoms with Gasteiger partial charge in [0.1, 0.15) is 5.82 Å². The Balaban J connectivity index is 2.51. The van der Waals surface area contributed by atoms with Crippen LogP contribution in [0.2, 0.25) is 0 Å². The van der Waals surface area contributed by atoms with E-state index in [2.05, 4.69) is 19.9 Å². The molecule has 112 valence electrons. The van der Waals surface area contributed by atoms with E-state index in [4.69, 9.17) is 5.11 Å². The Hall–Kier alpha value is -2.42. The Morgan fingerprint density at radius 1 is 1.29 bits per heavy atom. The zero-order valence-electron chi connectivity index (χ0n) is 11.6. The van der Waals surface area contributed by atoms with Crippen molar-refractivity contribution in [3.8, 4) is 0 Å². The highest BCUT2D eigenvalue weighted by Crippen LogP contribution is 2.22. The minimum Gasteiger partial charge on any atom is -0.478 e. The van der Waals surface area contributed by atoms with Crippen LogP contribution in [0.4, 0.5) is 5.95 Å². The number of nitrogens with zero attached hydrogens (tertiary/aromatic N) is 2. The van der Waals surface area contributed by atoms with Crippen molar-refractivity contribution in [2.24, 2.45) is 0 Å². The van der Waals surface area contributed by atoms with Crippen LogP contribution in [-0.2, 0) is 10.0 Å². The van der Waals surface area contributed by atoms with Crippen molar-refractivity contribution < 1.29 is 18.3 Å². The van der Waals surface area contributed by atoms with E-state index in [0.29, 0.717) is 17.0 Å². The van der Waals surface area contributed by atoms with Crippen molar-refractivity contribution in [2.75, 3.05) is 4.72 Å². The number of aryl methyl sites for hydroxylation is 2. The first-order chi connectivity index (χ1) is 9.70. The molecule has 9 heteroatoms. The number of aromatic amines is 1. The van der Waals surface area contributed by atoms with E-state index in [1.807, 2.05) is 0 Å². The molecule has 1 heterocycles. The number of rotatable bonds is 4. The fraction of sp³-hybridized carbons (Fsp3) is 0.250. The van der Waals surface area contributed by atoms with Crippen molar-refractivity contribution in [3.05, 3.63) is 34.6 Å². The highest BCUT2D eigenvalue weighted by Gasteiger charge is 2.22. The van der Waals surface area contributed by atoms with Gasteiger partial charge in [-0.05, 0) is 44.0 Å². The number of aromatic carboxylic acids is 1. The summed E-state index contributed by atoms with van der Waals surface area (Å²) in [6.07, 6.45) is 0. The number of carbonyl (C=O) groups is 1. The molecule has 0 spiro atoms. The molecule has 2 aromatic rings. The second-order valence-corrected chi connectivity index (χ2v) is 6.22. The topological polar surface area (TPSA) is 125 Å². The molecule has 0 aliphatic heterocycles. The number of aromatic nitrogens is 3. The summed E-state index contributed by atoms with van der Waals surface area (Å²) >= 11 is 0. The highest BCUT2D eigenvalue weighted by atomic mass is 32.2. The normalized spacial score (nSPS) is 11.4. The van der Waals surface area contributed by atoms with Crippen LogP contribution < -0.4 is 4.72 Å². The highest BCUT2D eigenvalue weighted by molar-refractivity contribution is 7.92. The molecule has 0 aliphatic rings. The molecule has 0 amide bonds. The number of benzene rings is 1. The SMILES string of the molecule is Cc1nc(NS(=O)(=O)c2cc(C(=O)O)cc(C)c2C)n[nH]1. The number of hydrogen-bond donors (Lipinski definition) is 3. The van der Waals surface area contributed by atoms with Gasteiger partial charge in [-0.15, -0.1) is 5.10 Å². The summed E-state index contributed by atoms with van der Waals surface area (Å²) in [7, 11) is -3.97. The van der Waals surface area contributed by atoms with E-state index < -0.39 is 16.0 Å². The zero-order chi connectivity index (χ0) is 15.8. The second kappa shape index (κ2) is 5.17. The van der Waals surface area contributed by atoms with Gasteiger partial charge in [0.2, 0.25) is 0 Å². The van der Waals surface area contributed by atoms with Gasteiger partial charge in [-0.2, -0.15) is 4.98 Å². The Labute approximate surface area is 121 Å². The molecule has 0 fully saturated rings. The van der Waals surface area contributed by atoms with Gasteiger partial charge in [-0.1, -0.05) is 0 Å². The molecule has 0 aliphatic carbocycles. The maximum absolute atomic E-state index is 12.4. The number of anilines is 1. The van der Waals surface area contributed by atoms with Crippen molar-refractivity contribution in [3.63, 3.8) is 0 Å². The fourth-order valence-electron chi connectivity index (χ4n) is 1.79. The fourth-order valence-corrected chi connectivity index (χ4v) is 3.08. The van der Waals surface area contributed by atoms with E-state index in [0.717, 1.165) is 6.07 Å². The Kier molecular flexibility index (Phi) is 3.69. The van der Waals surface area contributed by atoms with Crippen molar-refractivity contribution in [1.29, 1.82) is 0 Å². The average Bonchev–Trinajstić information content (AvgIpc) is 2.76. The number of nitrogens with one attached hydrogen (secondary N) is 2. The lowest BCUT2D eigenvalue weighted by Crippen LogP contribution is -2.16. The van der Waals surface area contributed by atoms with Crippen molar-refractivity contribution >= 4 is 21.9 Å². The van der Waals surface area contributed by atoms with Gasteiger partial charge < -0.3 is 5.11 Å². The predicted molar refractivity (Wildman–Crippen MR) is 74.8 cm³/mol. The van der Waals surface area contributed by atoms with Gasteiger partial charge in [0.15, 0.2) is 0 Å². The quantitative estimate of drug-likeness (QED) is 0.780. The van der Waals surface area contributed by atoms with Gasteiger partial charge in [0.25, 0.3) is 16.0 Å². The molecular weight excluding hydrogens is 296 g/mol. The summed E-state index contributed by atoms with van der Waals surface area (Å²) < 4.78 is 26.9. The average molecular weight is 310 g/mol. The summed E-state index contributed by atoms with van der Waals surface area (Å²) in [5.41, 5.74) is 0.950. The summed E-state index contributed by atoms with van der Waals surface area (Å²) in [4.78, 5) is 14.8. The van der Waals surface area contributed by atoms with Crippen LogP contribution in [0.3, 0.4) is 0 Å². The van der Waals surface area contributed by atoms with E-state index in [1.165, 1.54) is 6.07 Å². The molecule has 0 saturated heterocycles. The van der Waals surface area contributed by atoms with Crippen LogP contribution in [0.1, 0.15) is 27.3 Å². The molecule has 21 heavy (non-hydrogen) atoms.